The molecule has 0 bridgehead atoms. The quantitative estimate of drug-likeness (QED) is 0.547. The van der Waals surface area contributed by atoms with Crippen LogP contribution >= 0.6 is 11.8 Å². The number of hydrogen-bond donors (Lipinski definition) is 1. The van der Waals surface area contributed by atoms with Crippen LogP contribution in [0.2, 0.25) is 0 Å². The molecule has 2 N–H and O–H groups in total. The number of rotatable bonds is 1. The molecule has 0 amide bonds. The summed E-state index contributed by atoms with van der Waals surface area (Å²) in [6.07, 6.45) is 0. The van der Waals surface area contributed by atoms with Crippen molar-refractivity contribution in [3.63, 3.8) is 0 Å². The van der Waals surface area contributed by atoms with Crippen LogP contribution in [0, 0.1) is 5.92 Å². The SMILES string of the molecule is CC(N)C1CSC1. The first kappa shape index (κ1) is 5.45. The fraction of sp³-hybridized carbons (Fsp3) is 1.00. The zero-order valence-corrected chi connectivity index (χ0v) is 5.37. The van der Waals surface area contributed by atoms with Gasteiger partial charge in [-0.2, -0.15) is 11.8 Å². The molecule has 1 nitrogen and oxygen atoms in total. The minimum absolute atomic E-state index is 0.432. The molecule has 1 fully saturated rings. The van der Waals surface area contributed by atoms with Crippen molar-refractivity contribution in [1.82, 2.24) is 0 Å². The molecule has 0 radical (unpaired) electrons. The molecule has 0 aromatic heterocycles. The van der Waals surface area contributed by atoms with E-state index in [0.29, 0.717) is 6.04 Å². The predicted molar refractivity (Wildman–Crippen MR) is 34.5 cm³/mol. The van der Waals surface area contributed by atoms with Gasteiger partial charge in [0.25, 0.3) is 0 Å². The van der Waals surface area contributed by atoms with Crippen molar-refractivity contribution in [2.75, 3.05) is 11.5 Å². The smallest absolute Gasteiger partial charge is 0.00545 e. The Kier molecular flexibility index (Phi) is 1.60. The van der Waals surface area contributed by atoms with Crippen LogP contribution in [0.4, 0.5) is 0 Å². The number of hydrogen-bond acceptors (Lipinski definition) is 2. The normalized spacial score (nSPS) is 26.6. The zero-order valence-electron chi connectivity index (χ0n) is 4.55. The molecule has 1 unspecified atom stereocenters. The van der Waals surface area contributed by atoms with Crippen LogP contribution < -0.4 is 5.73 Å². The van der Waals surface area contributed by atoms with Crippen molar-refractivity contribution >= 4 is 11.8 Å². The van der Waals surface area contributed by atoms with E-state index >= 15 is 0 Å². The summed E-state index contributed by atoms with van der Waals surface area (Å²) in [6.45, 7) is 2.09. The molecule has 1 atom stereocenters. The maximum absolute atomic E-state index is 5.58. The van der Waals surface area contributed by atoms with Crippen molar-refractivity contribution in [1.29, 1.82) is 0 Å². The van der Waals surface area contributed by atoms with E-state index in [1.54, 1.807) is 0 Å². The van der Waals surface area contributed by atoms with Crippen molar-refractivity contribution in [2.24, 2.45) is 11.7 Å². The first-order valence-corrected chi connectivity index (χ1v) is 3.79. The second kappa shape index (κ2) is 2.05. The van der Waals surface area contributed by atoms with E-state index in [1.165, 1.54) is 11.5 Å². The highest BCUT2D eigenvalue weighted by Gasteiger charge is 2.20. The van der Waals surface area contributed by atoms with Crippen molar-refractivity contribution in [3.8, 4) is 0 Å². The minimum Gasteiger partial charge on any atom is -0.328 e. The molecule has 1 aliphatic rings. The van der Waals surface area contributed by atoms with Gasteiger partial charge in [-0.1, -0.05) is 0 Å². The summed E-state index contributed by atoms with van der Waals surface area (Å²) < 4.78 is 0. The van der Waals surface area contributed by atoms with Crippen LogP contribution in [0.1, 0.15) is 6.92 Å². The van der Waals surface area contributed by atoms with Crippen LogP contribution in [-0.4, -0.2) is 17.5 Å². The average Bonchev–Trinajstić information content (AvgIpc) is 1.23. The Labute approximate surface area is 48.7 Å². The van der Waals surface area contributed by atoms with Gasteiger partial charge in [-0.3, -0.25) is 0 Å². The van der Waals surface area contributed by atoms with Gasteiger partial charge in [0.15, 0.2) is 0 Å². The Morgan fingerprint density at radius 2 is 2.29 bits per heavy atom. The second-order valence-electron chi connectivity index (χ2n) is 2.16. The summed E-state index contributed by atoms with van der Waals surface area (Å²) in [5.74, 6) is 3.40. The summed E-state index contributed by atoms with van der Waals surface area (Å²) in [7, 11) is 0. The molecule has 0 spiro atoms. The lowest BCUT2D eigenvalue weighted by molar-refractivity contribution is 0.523. The first-order chi connectivity index (χ1) is 3.30. The summed E-state index contributed by atoms with van der Waals surface area (Å²) >= 11 is 1.99. The second-order valence-corrected chi connectivity index (χ2v) is 3.23. The van der Waals surface area contributed by atoms with Gasteiger partial charge in [-0.25, -0.2) is 0 Å². The molecule has 42 valence electrons. The van der Waals surface area contributed by atoms with Crippen molar-refractivity contribution in [3.05, 3.63) is 0 Å². The molecular formula is C5H11NS. The fourth-order valence-electron chi connectivity index (χ4n) is 0.557. The van der Waals surface area contributed by atoms with Gasteiger partial charge in [0, 0.05) is 6.04 Å². The van der Waals surface area contributed by atoms with E-state index in [4.69, 9.17) is 5.73 Å². The lowest BCUT2D eigenvalue weighted by Gasteiger charge is -2.27. The Hall–Kier alpha value is 0.310. The Balaban J connectivity index is 2.14. The Morgan fingerprint density at radius 3 is 2.29 bits per heavy atom. The van der Waals surface area contributed by atoms with E-state index in [2.05, 4.69) is 6.92 Å². The van der Waals surface area contributed by atoms with E-state index in [-0.39, 0.29) is 0 Å². The van der Waals surface area contributed by atoms with Gasteiger partial charge in [0.2, 0.25) is 0 Å². The van der Waals surface area contributed by atoms with Crippen LogP contribution in [-0.2, 0) is 0 Å². The van der Waals surface area contributed by atoms with Gasteiger partial charge in [-0.05, 0) is 24.3 Å². The van der Waals surface area contributed by atoms with Gasteiger partial charge >= 0.3 is 0 Å². The molecule has 1 heterocycles. The van der Waals surface area contributed by atoms with Crippen LogP contribution in [0.15, 0.2) is 0 Å². The summed E-state index contributed by atoms with van der Waals surface area (Å²) in [5.41, 5.74) is 5.58. The lowest BCUT2D eigenvalue weighted by atomic mass is 10.1. The van der Waals surface area contributed by atoms with Crippen molar-refractivity contribution in [2.45, 2.75) is 13.0 Å². The third-order valence-corrected chi connectivity index (χ3v) is 2.74. The molecular weight excluding hydrogens is 106 g/mol. The average molecular weight is 117 g/mol. The lowest BCUT2D eigenvalue weighted by Crippen LogP contribution is -2.35. The molecule has 1 saturated heterocycles. The molecule has 0 aromatic rings. The molecule has 0 aliphatic carbocycles. The molecule has 2 heteroatoms. The minimum atomic E-state index is 0.432. The molecule has 1 rings (SSSR count). The molecule has 0 saturated carbocycles. The number of nitrogens with two attached hydrogens (primary N) is 1. The van der Waals surface area contributed by atoms with E-state index in [1.807, 2.05) is 11.8 Å². The first-order valence-electron chi connectivity index (χ1n) is 2.64. The summed E-state index contributed by atoms with van der Waals surface area (Å²) in [5, 5.41) is 0. The molecule has 0 aromatic carbocycles. The topological polar surface area (TPSA) is 26.0 Å². The Bertz CT molecular complexity index is 59.1. The highest BCUT2D eigenvalue weighted by atomic mass is 32.2. The van der Waals surface area contributed by atoms with Gasteiger partial charge in [0.1, 0.15) is 0 Å². The highest BCUT2D eigenvalue weighted by molar-refractivity contribution is 8.00. The van der Waals surface area contributed by atoms with E-state index < -0.39 is 0 Å². The van der Waals surface area contributed by atoms with E-state index in [0.717, 1.165) is 5.92 Å². The summed E-state index contributed by atoms with van der Waals surface area (Å²) in [6, 6.07) is 0.432. The van der Waals surface area contributed by atoms with Gasteiger partial charge < -0.3 is 5.73 Å². The number of thioether (sulfide) groups is 1. The third-order valence-electron chi connectivity index (χ3n) is 1.41. The van der Waals surface area contributed by atoms with Crippen LogP contribution in [0.25, 0.3) is 0 Å². The highest BCUT2D eigenvalue weighted by Crippen LogP contribution is 2.25. The van der Waals surface area contributed by atoms with Gasteiger partial charge in [0.05, 0.1) is 0 Å². The maximum Gasteiger partial charge on any atom is 0.00545 e. The monoisotopic (exact) mass is 117 g/mol. The van der Waals surface area contributed by atoms with Crippen molar-refractivity contribution < 1.29 is 0 Å². The third kappa shape index (κ3) is 1.10. The Morgan fingerprint density at radius 1 is 1.71 bits per heavy atom. The maximum atomic E-state index is 5.58. The predicted octanol–water partition coefficient (Wildman–Crippen LogP) is 0.697. The molecule has 1 aliphatic heterocycles. The summed E-state index contributed by atoms with van der Waals surface area (Å²) in [4.78, 5) is 0. The standard InChI is InChI=1S/C5H11NS/c1-4(6)5-2-7-3-5/h4-5H,2-3,6H2,1H3. The molecule has 7 heavy (non-hydrogen) atoms. The van der Waals surface area contributed by atoms with Crippen LogP contribution in [0.3, 0.4) is 0 Å². The largest absolute Gasteiger partial charge is 0.328 e. The fourth-order valence-corrected chi connectivity index (χ4v) is 1.67. The zero-order chi connectivity index (χ0) is 5.28. The van der Waals surface area contributed by atoms with Crippen LogP contribution in [0.5, 0.6) is 0 Å². The van der Waals surface area contributed by atoms with Gasteiger partial charge in [-0.15, -0.1) is 0 Å². The van der Waals surface area contributed by atoms with E-state index in [9.17, 15) is 0 Å².